The van der Waals surface area contributed by atoms with Crippen LogP contribution in [0.2, 0.25) is 0 Å². The van der Waals surface area contributed by atoms with Crippen LogP contribution in [0.1, 0.15) is 23.6 Å². The molecule has 0 bridgehead atoms. The fourth-order valence-corrected chi connectivity index (χ4v) is 3.81. The number of carbonyl (C=O) groups excluding carboxylic acids is 2. The molecule has 2 amide bonds. The molecule has 6 heteroatoms. The first-order valence-electron chi connectivity index (χ1n) is 10.8. The molecule has 0 aromatic heterocycles. The fraction of sp³-hybridized carbons (Fsp3) is 0.185. The van der Waals surface area contributed by atoms with Gasteiger partial charge in [-0.15, -0.1) is 0 Å². The Morgan fingerprint density at radius 3 is 2.30 bits per heavy atom. The number of nitrogens with zero attached hydrogens (tertiary/aromatic N) is 1. The summed E-state index contributed by atoms with van der Waals surface area (Å²) in [6, 6.07) is 22.3. The van der Waals surface area contributed by atoms with Crippen molar-refractivity contribution < 1.29 is 19.1 Å². The maximum Gasteiger partial charge on any atom is 0.278 e. The average Bonchev–Trinajstić information content (AvgIpc) is 3.05. The Morgan fingerprint density at radius 1 is 0.909 bits per heavy atom. The molecule has 0 radical (unpaired) electrons. The summed E-state index contributed by atoms with van der Waals surface area (Å²) < 4.78 is 11.0. The van der Waals surface area contributed by atoms with E-state index in [0.29, 0.717) is 34.9 Å². The molecule has 1 aliphatic heterocycles. The van der Waals surface area contributed by atoms with Gasteiger partial charge in [0, 0.05) is 0 Å². The molecular weight excluding hydrogens is 416 g/mol. The van der Waals surface area contributed by atoms with Crippen molar-refractivity contribution in [2.24, 2.45) is 0 Å². The first-order chi connectivity index (χ1) is 16.0. The van der Waals surface area contributed by atoms with Crippen LogP contribution in [0.4, 0.5) is 5.69 Å². The fourth-order valence-electron chi connectivity index (χ4n) is 3.81. The number of rotatable bonds is 8. The zero-order valence-corrected chi connectivity index (χ0v) is 18.9. The summed E-state index contributed by atoms with van der Waals surface area (Å²) in [4.78, 5) is 28.2. The summed E-state index contributed by atoms with van der Waals surface area (Å²) in [7, 11) is 1.57. The van der Waals surface area contributed by atoms with Crippen molar-refractivity contribution in [1.82, 2.24) is 4.90 Å². The number of hydrogen-bond acceptors (Lipinski definition) is 5. The van der Waals surface area contributed by atoms with Crippen LogP contribution in [0.15, 0.2) is 78.5 Å². The van der Waals surface area contributed by atoms with Gasteiger partial charge in [-0.2, -0.15) is 0 Å². The van der Waals surface area contributed by atoms with E-state index >= 15 is 0 Å². The molecule has 168 valence electrons. The number of carbonyl (C=O) groups is 2. The predicted molar refractivity (Wildman–Crippen MR) is 128 cm³/mol. The second-order valence-corrected chi connectivity index (χ2v) is 7.72. The number of hydrogen-bond donors (Lipinski definition) is 1. The standard InChI is InChI=1S/C27H26N2O4/c1-4-33-21-13-11-20(12-14-21)24-25(28-22-16-18(2)10-15-23(22)32-3)27(31)29(26(24)30)17-19-8-6-5-7-9-19/h5-16,28H,4,17H2,1-3H3. The van der Waals surface area contributed by atoms with Crippen LogP contribution in [0, 0.1) is 6.92 Å². The Labute approximate surface area is 193 Å². The van der Waals surface area contributed by atoms with Crippen LogP contribution >= 0.6 is 0 Å². The monoisotopic (exact) mass is 442 g/mol. The highest BCUT2D eigenvalue weighted by atomic mass is 16.5. The number of nitrogens with one attached hydrogen (secondary N) is 1. The minimum atomic E-state index is -0.378. The summed E-state index contributed by atoms with van der Waals surface area (Å²) >= 11 is 0. The number of anilines is 1. The van der Waals surface area contributed by atoms with Crippen molar-refractivity contribution in [3.05, 3.63) is 95.2 Å². The molecule has 0 fully saturated rings. The Balaban J connectivity index is 1.76. The van der Waals surface area contributed by atoms with E-state index in [2.05, 4.69) is 5.32 Å². The molecule has 1 heterocycles. The lowest BCUT2D eigenvalue weighted by molar-refractivity contribution is -0.137. The molecule has 0 saturated heterocycles. The summed E-state index contributed by atoms with van der Waals surface area (Å²) in [5.41, 5.74) is 3.69. The number of amides is 2. The first kappa shape index (κ1) is 22.1. The molecule has 1 aliphatic rings. The summed E-state index contributed by atoms with van der Waals surface area (Å²) in [6.45, 7) is 4.60. The summed E-state index contributed by atoms with van der Waals surface area (Å²) in [6.07, 6.45) is 0. The van der Waals surface area contributed by atoms with E-state index in [4.69, 9.17) is 9.47 Å². The van der Waals surface area contributed by atoms with E-state index in [1.807, 2.05) is 62.4 Å². The Hall–Kier alpha value is -4.06. The smallest absolute Gasteiger partial charge is 0.278 e. The third-order valence-electron chi connectivity index (χ3n) is 5.42. The van der Waals surface area contributed by atoms with Crippen molar-refractivity contribution in [3.8, 4) is 11.5 Å². The summed E-state index contributed by atoms with van der Waals surface area (Å²) in [5, 5.41) is 3.20. The molecule has 0 aliphatic carbocycles. The first-order valence-corrected chi connectivity index (χ1v) is 10.8. The minimum absolute atomic E-state index is 0.190. The maximum atomic E-state index is 13.5. The van der Waals surface area contributed by atoms with Crippen molar-refractivity contribution in [2.45, 2.75) is 20.4 Å². The largest absolute Gasteiger partial charge is 0.495 e. The number of ether oxygens (including phenoxy) is 2. The van der Waals surface area contributed by atoms with Gasteiger partial charge in [0.2, 0.25) is 0 Å². The van der Waals surface area contributed by atoms with Gasteiger partial charge in [0.05, 0.1) is 31.5 Å². The second-order valence-electron chi connectivity index (χ2n) is 7.72. The van der Waals surface area contributed by atoms with Crippen LogP contribution in [0.3, 0.4) is 0 Å². The topological polar surface area (TPSA) is 67.9 Å². The SMILES string of the molecule is CCOc1ccc(C2=C(Nc3cc(C)ccc3OC)C(=O)N(Cc3ccccc3)C2=O)cc1. The van der Waals surface area contributed by atoms with Gasteiger partial charge in [0.15, 0.2) is 0 Å². The minimum Gasteiger partial charge on any atom is -0.495 e. The van der Waals surface area contributed by atoms with Gasteiger partial charge in [0.1, 0.15) is 17.2 Å². The average molecular weight is 443 g/mol. The lowest BCUT2D eigenvalue weighted by Gasteiger charge is -2.16. The van der Waals surface area contributed by atoms with E-state index in [-0.39, 0.29) is 24.1 Å². The van der Waals surface area contributed by atoms with Crippen molar-refractivity contribution >= 4 is 23.1 Å². The van der Waals surface area contributed by atoms with Gasteiger partial charge in [-0.05, 0) is 54.8 Å². The Morgan fingerprint density at radius 2 is 1.64 bits per heavy atom. The number of methoxy groups -OCH3 is 1. The third kappa shape index (κ3) is 4.60. The normalized spacial score (nSPS) is 13.5. The molecule has 0 unspecified atom stereocenters. The molecule has 6 nitrogen and oxygen atoms in total. The highest BCUT2D eigenvalue weighted by Crippen LogP contribution is 2.35. The lowest BCUT2D eigenvalue weighted by atomic mass is 10.0. The van der Waals surface area contributed by atoms with Gasteiger partial charge in [0.25, 0.3) is 11.8 Å². The molecule has 3 aromatic carbocycles. The molecule has 33 heavy (non-hydrogen) atoms. The van der Waals surface area contributed by atoms with Crippen molar-refractivity contribution in [2.75, 3.05) is 19.0 Å². The maximum absolute atomic E-state index is 13.5. The van der Waals surface area contributed by atoms with Gasteiger partial charge < -0.3 is 14.8 Å². The Bertz CT molecular complexity index is 1200. The lowest BCUT2D eigenvalue weighted by Crippen LogP contribution is -2.32. The van der Waals surface area contributed by atoms with E-state index < -0.39 is 0 Å². The summed E-state index contributed by atoms with van der Waals surface area (Å²) in [5.74, 6) is 0.564. The van der Waals surface area contributed by atoms with Gasteiger partial charge in [-0.25, -0.2) is 0 Å². The molecular formula is C27H26N2O4. The van der Waals surface area contributed by atoms with Gasteiger partial charge in [-0.3, -0.25) is 14.5 Å². The number of imide groups is 1. The Kier molecular flexibility index (Phi) is 6.45. The van der Waals surface area contributed by atoms with Crippen LogP contribution < -0.4 is 14.8 Å². The predicted octanol–water partition coefficient (Wildman–Crippen LogP) is 4.79. The molecule has 0 spiro atoms. The second kappa shape index (κ2) is 9.61. The van der Waals surface area contributed by atoms with Crippen molar-refractivity contribution in [3.63, 3.8) is 0 Å². The van der Waals surface area contributed by atoms with Crippen LogP contribution in [0.25, 0.3) is 5.57 Å². The highest BCUT2D eigenvalue weighted by molar-refractivity contribution is 6.36. The van der Waals surface area contributed by atoms with E-state index in [1.165, 1.54) is 4.90 Å². The van der Waals surface area contributed by atoms with Crippen LogP contribution in [-0.4, -0.2) is 30.4 Å². The quantitative estimate of drug-likeness (QED) is 0.508. The zero-order valence-electron chi connectivity index (χ0n) is 18.9. The van der Waals surface area contributed by atoms with Crippen LogP contribution in [-0.2, 0) is 16.1 Å². The molecule has 0 atom stereocenters. The van der Waals surface area contributed by atoms with Gasteiger partial charge in [-0.1, -0.05) is 48.5 Å². The van der Waals surface area contributed by atoms with Crippen molar-refractivity contribution in [1.29, 1.82) is 0 Å². The van der Waals surface area contributed by atoms with Gasteiger partial charge >= 0.3 is 0 Å². The van der Waals surface area contributed by atoms with E-state index in [0.717, 1.165) is 11.1 Å². The van der Waals surface area contributed by atoms with E-state index in [9.17, 15) is 9.59 Å². The number of benzene rings is 3. The third-order valence-corrected chi connectivity index (χ3v) is 5.42. The molecule has 0 saturated carbocycles. The number of aryl methyl sites for hydroxylation is 1. The molecule has 3 aromatic rings. The molecule has 1 N–H and O–H groups in total. The highest BCUT2D eigenvalue weighted by Gasteiger charge is 2.39. The van der Waals surface area contributed by atoms with E-state index in [1.54, 1.807) is 31.4 Å². The molecule has 4 rings (SSSR count). The van der Waals surface area contributed by atoms with Crippen LogP contribution in [0.5, 0.6) is 11.5 Å². The zero-order chi connectivity index (χ0) is 23.4.